The van der Waals surface area contributed by atoms with Crippen molar-refractivity contribution in [2.24, 2.45) is 4.99 Å². The van der Waals surface area contributed by atoms with E-state index in [4.69, 9.17) is 9.47 Å². The summed E-state index contributed by atoms with van der Waals surface area (Å²) in [5.41, 5.74) is 3.09. The number of benzene rings is 3. The number of amides is 1. The fourth-order valence-corrected chi connectivity index (χ4v) is 5.25. The lowest BCUT2D eigenvalue weighted by Gasteiger charge is -2.11. The number of carbonyl (C=O) groups is 2. The Labute approximate surface area is 222 Å². The van der Waals surface area contributed by atoms with Crippen LogP contribution in [0, 0.1) is 13.0 Å². The highest BCUT2D eigenvalue weighted by molar-refractivity contribution is 14.1. The van der Waals surface area contributed by atoms with Crippen LogP contribution in [0.4, 0.5) is 10.1 Å². The van der Waals surface area contributed by atoms with Crippen molar-refractivity contribution in [1.29, 1.82) is 0 Å². The Balaban J connectivity index is 1.51. The monoisotopic (exact) mass is 682 g/mol. The topological polar surface area (TPSA) is 77.0 Å². The zero-order chi connectivity index (χ0) is 24.2. The summed E-state index contributed by atoms with van der Waals surface area (Å²) in [5, 5.41) is 2.68. The van der Waals surface area contributed by atoms with Crippen molar-refractivity contribution < 1.29 is 23.5 Å². The molecule has 3 aromatic carbocycles. The molecule has 6 nitrogen and oxygen atoms in total. The highest BCUT2D eigenvalue weighted by atomic mass is 127. The van der Waals surface area contributed by atoms with E-state index in [1.165, 1.54) is 19.1 Å². The third-order valence-electron chi connectivity index (χ3n) is 4.69. The molecule has 0 aliphatic carbocycles. The molecule has 0 bridgehead atoms. The summed E-state index contributed by atoms with van der Waals surface area (Å²) in [6.45, 7) is 1.74. The zero-order valence-corrected chi connectivity index (χ0v) is 22.1. The lowest BCUT2D eigenvalue weighted by atomic mass is 10.2. The highest BCUT2D eigenvalue weighted by Crippen LogP contribution is 2.31. The average Bonchev–Trinajstić information content (AvgIpc) is 3.14. The number of hydrogen-bond acceptors (Lipinski definition) is 5. The lowest BCUT2D eigenvalue weighted by molar-refractivity contribution is -0.129. The summed E-state index contributed by atoms with van der Waals surface area (Å²) in [5.74, 6) is -0.0794. The largest absolute Gasteiger partial charge is 0.487 e. The molecule has 1 amide bonds. The number of nitrogens with zero attached hydrogens (tertiary/aromatic N) is 1. The summed E-state index contributed by atoms with van der Waals surface area (Å²) < 4.78 is 26.1. The molecule has 0 saturated heterocycles. The SMILES string of the molecule is CC(=O)Nc1ccc(C2=N/C(=C\c3cc(I)c(OCc4ccc(F)cc4)c(I)c3)C(=O)O2)cc1. The second-order valence-electron chi connectivity index (χ2n) is 7.32. The Morgan fingerprint density at radius 2 is 1.74 bits per heavy atom. The molecule has 0 spiro atoms. The number of halogens is 3. The van der Waals surface area contributed by atoms with Crippen molar-refractivity contribution in [1.82, 2.24) is 0 Å². The first kappa shape index (κ1) is 24.3. The van der Waals surface area contributed by atoms with Crippen LogP contribution in [0.3, 0.4) is 0 Å². The van der Waals surface area contributed by atoms with E-state index in [0.29, 0.717) is 23.6 Å². The molecule has 4 rings (SSSR count). The first-order chi connectivity index (χ1) is 16.3. The molecule has 0 aromatic heterocycles. The van der Waals surface area contributed by atoms with Crippen LogP contribution >= 0.6 is 45.2 Å². The first-order valence-corrected chi connectivity index (χ1v) is 12.2. The van der Waals surface area contributed by atoms with Gasteiger partial charge >= 0.3 is 5.97 Å². The fraction of sp³-hybridized carbons (Fsp3) is 0.0800. The van der Waals surface area contributed by atoms with Gasteiger partial charge in [-0.2, -0.15) is 0 Å². The van der Waals surface area contributed by atoms with Crippen molar-refractivity contribution in [2.45, 2.75) is 13.5 Å². The smallest absolute Gasteiger partial charge is 0.363 e. The number of aliphatic imine (C=N–C) groups is 1. The molecule has 172 valence electrons. The van der Waals surface area contributed by atoms with Crippen molar-refractivity contribution >= 4 is 74.7 Å². The van der Waals surface area contributed by atoms with Crippen molar-refractivity contribution in [3.63, 3.8) is 0 Å². The fourth-order valence-electron chi connectivity index (χ4n) is 3.13. The van der Waals surface area contributed by atoms with Gasteiger partial charge in [-0.3, -0.25) is 4.79 Å². The van der Waals surface area contributed by atoms with Crippen molar-refractivity contribution in [3.8, 4) is 5.75 Å². The Morgan fingerprint density at radius 3 is 2.35 bits per heavy atom. The summed E-state index contributed by atoms with van der Waals surface area (Å²) in [7, 11) is 0. The highest BCUT2D eigenvalue weighted by Gasteiger charge is 2.24. The number of anilines is 1. The Morgan fingerprint density at radius 1 is 1.09 bits per heavy atom. The van der Waals surface area contributed by atoms with Gasteiger partial charge in [-0.05, 0) is 111 Å². The van der Waals surface area contributed by atoms with Gasteiger partial charge in [-0.15, -0.1) is 0 Å². The number of ether oxygens (including phenoxy) is 2. The molecule has 34 heavy (non-hydrogen) atoms. The number of nitrogens with one attached hydrogen (secondary N) is 1. The van der Waals surface area contributed by atoms with Crippen LogP contribution in [0.25, 0.3) is 6.08 Å². The van der Waals surface area contributed by atoms with E-state index in [9.17, 15) is 14.0 Å². The van der Waals surface area contributed by atoms with Crippen LogP contribution in [0.1, 0.15) is 23.6 Å². The molecule has 1 heterocycles. The maximum Gasteiger partial charge on any atom is 0.363 e. The van der Waals surface area contributed by atoms with Crippen LogP contribution < -0.4 is 10.1 Å². The van der Waals surface area contributed by atoms with Crippen LogP contribution in [0.5, 0.6) is 5.75 Å². The number of hydrogen-bond donors (Lipinski definition) is 1. The van der Waals surface area contributed by atoms with Gasteiger partial charge in [0.1, 0.15) is 18.2 Å². The Kier molecular flexibility index (Phi) is 7.61. The second-order valence-corrected chi connectivity index (χ2v) is 9.65. The summed E-state index contributed by atoms with van der Waals surface area (Å²) in [4.78, 5) is 27.9. The minimum absolute atomic E-state index is 0.168. The van der Waals surface area contributed by atoms with Gasteiger partial charge in [0.15, 0.2) is 5.70 Å². The third kappa shape index (κ3) is 6.00. The van der Waals surface area contributed by atoms with Gasteiger partial charge in [0, 0.05) is 18.2 Å². The summed E-state index contributed by atoms with van der Waals surface area (Å²) in [6, 6.07) is 16.8. The summed E-state index contributed by atoms with van der Waals surface area (Å²) in [6.07, 6.45) is 1.66. The molecule has 0 fully saturated rings. The molecule has 0 atom stereocenters. The number of esters is 1. The molecule has 1 aliphatic rings. The van der Waals surface area contributed by atoms with Crippen molar-refractivity contribution in [3.05, 3.63) is 96.0 Å². The van der Waals surface area contributed by atoms with Gasteiger partial charge < -0.3 is 14.8 Å². The minimum Gasteiger partial charge on any atom is -0.487 e. The second kappa shape index (κ2) is 10.6. The van der Waals surface area contributed by atoms with E-state index in [1.807, 2.05) is 12.1 Å². The van der Waals surface area contributed by atoms with Crippen LogP contribution in [0.15, 0.2) is 71.4 Å². The normalized spacial score (nSPS) is 14.1. The Bertz CT molecular complexity index is 1300. The van der Waals surface area contributed by atoms with Gasteiger partial charge in [0.05, 0.1) is 7.14 Å². The van der Waals surface area contributed by atoms with Crippen LogP contribution in [0.2, 0.25) is 0 Å². The number of carbonyl (C=O) groups excluding carboxylic acids is 2. The van der Waals surface area contributed by atoms with E-state index < -0.39 is 5.97 Å². The van der Waals surface area contributed by atoms with Crippen LogP contribution in [-0.2, 0) is 20.9 Å². The maximum atomic E-state index is 13.1. The van der Waals surface area contributed by atoms with E-state index in [-0.39, 0.29) is 23.3 Å². The molecule has 3 aromatic rings. The lowest BCUT2D eigenvalue weighted by Crippen LogP contribution is -2.07. The van der Waals surface area contributed by atoms with E-state index in [0.717, 1.165) is 18.3 Å². The predicted octanol–water partition coefficient (Wildman–Crippen LogP) is 5.92. The quantitative estimate of drug-likeness (QED) is 0.199. The molecule has 0 unspecified atom stereocenters. The van der Waals surface area contributed by atoms with Gasteiger partial charge in [0.25, 0.3) is 0 Å². The molecule has 9 heteroatoms. The van der Waals surface area contributed by atoms with Gasteiger partial charge in [-0.25, -0.2) is 14.2 Å². The first-order valence-electron chi connectivity index (χ1n) is 10.1. The van der Waals surface area contributed by atoms with E-state index >= 15 is 0 Å². The zero-order valence-electron chi connectivity index (χ0n) is 17.8. The third-order valence-corrected chi connectivity index (χ3v) is 6.30. The van der Waals surface area contributed by atoms with Gasteiger partial charge in [-0.1, -0.05) is 12.1 Å². The number of rotatable bonds is 6. The van der Waals surface area contributed by atoms with E-state index in [2.05, 4.69) is 55.5 Å². The molecular weight excluding hydrogens is 665 g/mol. The summed E-state index contributed by atoms with van der Waals surface area (Å²) >= 11 is 4.35. The Hall–Kier alpha value is -2.80. The standard InChI is InChI=1S/C25H17FI2N2O4/c1-14(31)29-19-8-4-17(5-9-19)24-30-22(25(32)34-24)12-16-10-20(27)23(21(28)11-16)33-13-15-2-6-18(26)7-3-15/h2-12H,13H2,1H3,(H,29,31)/b22-12-. The average molecular weight is 682 g/mol. The van der Waals surface area contributed by atoms with E-state index in [1.54, 1.807) is 42.5 Å². The molecule has 0 saturated carbocycles. The van der Waals surface area contributed by atoms with Crippen molar-refractivity contribution in [2.75, 3.05) is 5.32 Å². The minimum atomic E-state index is -0.539. The molecule has 1 N–H and O–H groups in total. The number of cyclic esters (lactones) is 1. The predicted molar refractivity (Wildman–Crippen MR) is 144 cm³/mol. The van der Waals surface area contributed by atoms with Crippen LogP contribution in [-0.4, -0.2) is 17.8 Å². The molecular formula is C25H17FI2N2O4. The molecule has 0 radical (unpaired) electrons. The van der Waals surface area contributed by atoms with Gasteiger partial charge in [0.2, 0.25) is 11.8 Å². The molecule has 1 aliphatic heterocycles. The maximum absolute atomic E-state index is 13.1.